The van der Waals surface area contributed by atoms with Crippen LogP contribution < -0.4 is 10.1 Å². The molecule has 4 heteroatoms. The monoisotopic (exact) mass is 281 g/mol. The van der Waals surface area contributed by atoms with Crippen molar-refractivity contribution in [3.8, 4) is 5.75 Å². The molecule has 1 aromatic rings. The number of halogens is 1. The number of hydrogen-bond donors (Lipinski definition) is 1. The lowest BCUT2D eigenvalue weighted by molar-refractivity contribution is -0.118. The van der Waals surface area contributed by atoms with E-state index in [0.29, 0.717) is 30.5 Å². The molecule has 1 aliphatic heterocycles. The van der Waals surface area contributed by atoms with Gasteiger partial charge < -0.3 is 10.1 Å². The zero-order chi connectivity index (χ0) is 13.8. The van der Waals surface area contributed by atoms with Gasteiger partial charge in [0.15, 0.2) is 0 Å². The van der Waals surface area contributed by atoms with Gasteiger partial charge in [-0.15, -0.1) is 0 Å². The number of nitrogens with one attached hydrogen (secondary N) is 1. The lowest BCUT2D eigenvalue weighted by Crippen LogP contribution is -2.25. The van der Waals surface area contributed by atoms with Crippen molar-refractivity contribution in [2.24, 2.45) is 0 Å². The van der Waals surface area contributed by atoms with E-state index in [1.165, 1.54) is 0 Å². The predicted molar refractivity (Wildman–Crippen MR) is 77.1 cm³/mol. The van der Waals surface area contributed by atoms with Gasteiger partial charge in [0.25, 0.3) is 0 Å². The maximum Gasteiger partial charge on any atom is 0.138 e. The highest BCUT2D eigenvalue weighted by Crippen LogP contribution is 2.33. The second-order valence-electron chi connectivity index (χ2n) is 5.23. The summed E-state index contributed by atoms with van der Waals surface area (Å²) in [4.78, 5) is 12.0. The quantitative estimate of drug-likeness (QED) is 0.871. The zero-order valence-corrected chi connectivity index (χ0v) is 12.2. The van der Waals surface area contributed by atoms with Crippen LogP contribution in [0.4, 0.5) is 0 Å². The number of carbonyl (C=O) groups excluding carboxylic acids is 1. The molecule has 0 unspecified atom stereocenters. The van der Waals surface area contributed by atoms with Gasteiger partial charge in [-0.05, 0) is 17.7 Å². The Kier molecular flexibility index (Phi) is 4.83. The molecule has 19 heavy (non-hydrogen) atoms. The van der Waals surface area contributed by atoms with Crippen LogP contribution in [0.5, 0.6) is 5.75 Å². The first kappa shape index (κ1) is 14.4. The Balaban J connectivity index is 1.97. The summed E-state index contributed by atoms with van der Waals surface area (Å²) < 4.78 is 5.60. The minimum atomic E-state index is 0.216. The molecule has 1 heterocycles. The average Bonchev–Trinajstić information content (AvgIpc) is 2.76. The minimum absolute atomic E-state index is 0.216. The van der Waals surface area contributed by atoms with E-state index < -0.39 is 0 Å². The van der Waals surface area contributed by atoms with Crippen molar-refractivity contribution in [3.05, 3.63) is 28.3 Å². The lowest BCUT2D eigenvalue weighted by atomic mass is 10.0. The van der Waals surface area contributed by atoms with Crippen LogP contribution in [0, 0.1) is 0 Å². The largest absolute Gasteiger partial charge is 0.493 e. The van der Waals surface area contributed by atoms with Crippen molar-refractivity contribution in [1.82, 2.24) is 5.32 Å². The van der Waals surface area contributed by atoms with Gasteiger partial charge in [-0.25, -0.2) is 0 Å². The van der Waals surface area contributed by atoms with Crippen LogP contribution in [0.1, 0.15) is 31.4 Å². The van der Waals surface area contributed by atoms with Crippen molar-refractivity contribution < 1.29 is 9.53 Å². The van der Waals surface area contributed by atoms with Gasteiger partial charge in [-0.2, -0.15) is 0 Å². The lowest BCUT2D eigenvalue weighted by Gasteiger charge is -2.10. The number of hydrogen-bond acceptors (Lipinski definition) is 3. The highest BCUT2D eigenvalue weighted by atomic mass is 35.5. The standard InChI is InChI=1S/C15H20ClNO2/c1-10(2)17-5-3-14(18)9-12-8-13(16)7-11-4-6-19-15(11)12/h7-8,10,17H,3-6,9H2,1-2H3. The summed E-state index contributed by atoms with van der Waals surface area (Å²) in [6.07, 6.45) is 1.83. The van der Waals surface area contributed by atoms with Gasteiger partial charge in [0, 0.05) is 42.4 Å². The number of fused-ring (bicyclic) bond motifs is 1. The van der Waals surface area contributed by atoms with E-state index in [1.54, 1.807) is 0 Å². The van der Waals surface area contributed by atoms with E-state index in [4.69, 9.17) is 16.3 Å². The third kappa shape index (κ3) is 3.95. The Bertz CT molecular complexity index is 471. The molecule has 0 amide bonds. The van der Waals surface area contributed by atoms with Crippen LogP contribution in [0.15, 0.2) is 12.1 Å². The topological polar surface area (TPSA) is 38.3 Å². The van der Waals surface area contributed by atoms with E-state index in [2.05, 4.69) is 19.2 Å². The van der Waals surface area contributed by atoms with E-state index in [0.717, 1.165) is 29.8 Å². The Morgan fingerprint density at radius 3 is 3.00 bits per heavy atom. The Morgan fingerprint density at radius 1 is 1.47 bits per heavy atom. The van der Waals surface area contributed by atoms with Crippen molar-refractivity contribution in [2.75, 3.05) is 13.2 Å². The summed E-state index contributed by atoms with van der Waals surface area (Å²) in [5.74, 6) is 1.09. The molecule has 0 bridgehead atoms. The summed E-state index contributed by atoms with van der Waals surface area (Å²) in [7, 11) is 0. The van der Waals surface area contributed by atoms with Crippen molar-refractivity contribution in [2.45, 2.75) is 39.2 Å². The summed E-state index contributed by atoms with van der Waals surface area (Å²) in [6, 6.07) is 4.18. The fourth-order valence-corrected chi connectivity index (χ4v) is 2.54. The number of ether oxygens (including phenoxy) is 1. The number of Topliss-reactive ketones (excluding diaryl/α,β-unsaturated/α-hetero) is 1. The van der Waals surface area contributed by atoms with E-state index in [-0.39, 0.29) is 5.78 Å². The fourth-order valence-electron chi connectivity index (χ4n) is 2.28. The second-order valence-corrected chi connectivity index (χ2v) is 5.66. The van der Waals surface area contributed by atoms with Gasteiger partial charge in [-0.1, -0.05) is 25.4 Å². The smallest absolute Gasteiger partial charge is 0.138 e. The molecule has 104 valence electrons. The zero-order valence-electron chi connectivity index (χ0n) is 11.5. The van der Waals surface area contributed by atoms with Gasteiger partial charge in [-0.3, -0.25) is 4.79 Å². The summed E-state index contributed by atoms with van der Waals surface area (Å²) in [5, 5.41) is 3.94. The van der Waals surface area contributed by atoms with Crippen LogP contribution in [0.2, 0.25) is 5.02 Å². The molecule has 1 N–H and O–H groups in total. The van der Waals surface area contributed by atoms with E-state index in [9.17, 15) is 4.79 Å². The van der Waals surface area contributed by atoms with Crippen molar-refractivity contribution >= 4 is 17.4 Å². The molecule has 0 aliphatic carbocycles. The van der Waals surface area contributed by atoms with Crippen LogP contribution in [-0.4, -0.2) is 25.0 Å². The first-order valence-electron chi connectivity index (χ1n) is 6.75. The predicted octanol–water partition coefficient (Wildman–Crippen LogP) is 2.77. The average molecular weight is 282 g/mol. The van der Waals surface area contributed by atoms with E-state index in [1.807, 2.05) is 12.1 Å². The maximum absolute atomic E-state index is 12.0. The number of ketones is 1. The molecule has 0 radical (unpaired) electrons. The Labute approximate surface area is 119 Å². The molecular formula is C15H20ClNO2. The van der Waals surface area contributed by atoms with Crippen LogP contribution in [-0.2, 0) is 17.6 Å². The Morgan fingerprint density at radius 2 is 2.26 bits per heavy atom. The molecule has 0 saturated carbocycles. The first-order chi connectivity index (χ1) is 9.06. The number of rotatable bonds is 6. The highest BCUT2D eigenvalue weighted by Gasteiger charge is 2.19. The highest BCUT2D eigenvalue weighted by molar-refractivity contribution is 6.30. The Hall–Kier alpha value is -1.06. The molecule has 0 spiro atoms. The molecule has 0 aromatic heterocycles. The minimum Gasteiger partial charge on any atom is -0.493 e. The SMILES string of the molecule is CC(C)NCCC(=O)Cc1cc(Cl)cc2c1OCC2. The second kappa shape index (κ2) is 6.40. The van der Waals surface area contributed by atoms with Gasteiger partial charge in [0.05, 0.1) is 6.61 Å². The molecular weight excluding hydrogens is 262 g/mol. The van der Waals surface area contributed by atoms with Gasteiger partial charge in [0.1, 0.15) is 11.5 Å². The normalized spacial score (nSPS) is 13.5. The third-order valence-electron chi connectivity index (χ3n) is 3.17. The summed E-state index contributed by atoms with van der Waals surface area (Å²) in [5.41, 5.74) is 2.05. The first-order valence-corrected chi connectivity index (χ1v) is 7.13. The van der Waals surface area contributed by atoms with Crippen molar-refractivity contribution in [1.29, 1.82) is 0 Å². The number of benzene rings is 1. The molecule has 0 saturated heterocycles. The third-order valence-corrected chi connectivity index (χ3v) is 3.39. The summed E-state index contributed by atoms with van der Waals surface area (Å²) >= 11 is 6.08. The molecule has 0 fully saturated rings. The summed E-state index contributed by atoms with van der Waals surface area (Å²) in [6.45, 7) is 5.55. The molecule has 1 aliphatic rings. The molecule has 3 nitrogen and oxygen atoms in total. The van der Waals surface area contributed by atoms with Crippen LogP contribution in [0.3, 0.4) is 0 Å². The van der Waals surface area contributed by atoms with E-state index >= 15 is 0 Å². The molecule has 1 aromatic carbocycles. The molecule has 0 atom stereocenters. The number of carbonyl (C=O) groups is 1. The fraction of sp³-hybridized carbons (Fsp3) is 0.533. The van der Waals surface area contributed by atoms with Crippen molar-refractivity contribution in [3.63, 3.8) is 0 Å². The molecule has 2 rings (SSSR count). The van der Waals surface area contributed by atoms with Gasteiger partial charge in [0.2, 0.25) is 0 Å². The van der Waals surface area contributed by atoms with Crippen LogP contribution in [0.25, 0.3) is 0 Å². The van der Waals surface area contributed by atoms with Crippen LogP contribution >= 0.6 is 11.6 Å². The van der Waals surface area contributed by atoms with Gasteiger partial charge >= 0.3 is 0 Å². The maximum atomic E-state index is 12.0.